The molecular weight excluding hydrogens is 475 g/mol. The second kappa shape index (κ2) is 14.4. The third kappa shape index (κ3) is 10.1. The van der Waals surface area contributed by atoms with Crippen molar-refractivity contribution in [2.24, 2.45) is 0 Å². The molecule has 0 spiro atoms. The summed E-state index contributed by atoms with van der Waals surface area (Å²) in [5.74, 6) is 1.22. The molecular formula is C24H35N2O6PS. The highest BCUT2D eigenvalue weighted by atomic mass is 32.7. The molecule has 2 aromatic rings. The third-order valence-corrected chi connectivity index (χ3v) is 8.39. The van der Waals surface area contributed by atoms with E-state index in [0.717, 1.165) is 41.3 Å². The van der Waals surface area contributed by atoms with Crippen LogP contribution in [-0.2, 0) is 31.5 Å². The van der Waals surface area contributed by atoms with Gasteiger partial charge in [-0.05, 0) is 62.5 Å². The lowest BCUT2D eigenvalue weighted by Crippen LogP contribution is -2.34. The predicted octanol–water partition coefficient (Wildman–Crippen LogP) is 4.39. The predicted molar refractivity (Wildman–Crippen MR) is 137 cm³/mol. The van der Waals surface area contributed by atoms with Crippen LogP contribution in [0.4, 0.5) is 0 Å². The Hall–Kier alpha value is -2.03. The normalized spacial score (nSPS) is 13.8. The standard InChI is InChI=1S/C24H35N2O6PS/c1-19(27)25-33(28,34-5)32-18-31-23(16-26(2)3)17-30-24-12-7-6-10-21(24)14-13-20-9-8-11-22(15-20)29-4/h6-12,15,23H,13-14,16-18H2,1-5H3,(H,25,27,28)/t23-,33?/m0/s1. The van der Waals surface area contributed by atoms with E-state index < -0.39 is 12.6 Å². The Balaban J connectivity index is 1.96. The Morgan fingerprint density at radius 1 is 1.15 bits per heavy atom. The maximum atomic E-state index is 12.5. The molecule has 10 heteroatoms. The van der Waals surface area contributed by atoms with E-state index in [2.05, 4.69) is 17.2 Å². The number of methoxy groups -OCH3 is 1. The summed E-state index contributed by atoms with van der Waals surface area (Å²) >= 11 is 0.956. The summed E-state index contributed by atoms with van der Waals surface area (Å²) in [6.07, 6.45) is 2.96. The van der Waals surface area contributed by atoms with Crippen LogP contribution < -0.4 is 14.6 Å². The number of hydrogen-bond acceptors (Lipinski definition) is 8. The number of amides is 1. The molecule has 0 saturated carbocycles. The summed E-state index contributed by atoms with van der Waals surface area (Å²) in [6.45, 7) is -1.40. The summed E-state index contributed by atoms with van der Waals surface area (Å²) in [5, 5.41) is 2.35. The number of para-hydroxylation sites is 1. The number of benzene rings is 2. The Morgan fingerprint density at radius 2 is 1.91 bits per heavy atom. The number of carbonyl (C=O) groups is 1. The van der Waals surface area contributed by atoms with Gasteiger partial charge in [-0.15, -0.1) is 0 Å². The van der Waals surface area contributed by atoms with Crippen molar-refractivity contribution >= 4 is 24.0 Å². The van der Waals surface area contributed by atoms with Crippen LogP contribution in [0.15, 0.2) is 48.5 Å². The van der Waals surface area contributed by atoms with Crippen LogP contribution in [0.2, 0.25) is 0 Å². The summed E-state index contributed by atoms with van der Waals surface area (Å²) in [5.41, 5.74) is 2.29. The van der Waals surface area contributed by atoms with E-state index in [1.807, 2.05) is 55.4 Å². The van der Waals surface area contributed by atoms with Gasteiger partial charge in [0, 0.05) is 13.5 Å². The largest absolute Gasteiger partial charge is 0.497 e. The summed E-state index contributed by atoms with van der Waals surface area (Å²) < 4.78 is 35.1. The molecule has 0 bridgehead atoms. The second-order valence-corrected chi connectivity index (χ2v) is 12.3. The monoisotopic (exact) mass is 510 g/mol. The van der Waals surface area contributed by atoms with Crippen molar-refractivity contribution < 1.29 is 28.1 Å². The fourth-order valence-electron chi connectivity index (χ4n) is 3.22. The van der Waals surface area contributed by atoms with E-state index in [4.69, 9.17) is 18.7 Å². The first-order chi connectivity index (χ1) is 16.2. The van der Waals surface area contributed by atoms with Crippen LogP contribution in [0.5, 0.6) is 11.5 Å². The van der Waals surface area contributed by atoms with Crippen molar-refractivity contribution in [3.63, 3.8) is 0 Å². The van der Waals surface area contributed by atoms with Crippen molar-refractivity contribution in [2.75, 3.05) is 47.4 Å². The number of carbonyl (C=O) groups excluding carboxylic acids is 1. The molecule has 0 saturated heterocycles. The van der Waals surface area contributed by atoms with Gasteiger partial charge in [-0.2, -0.15) is 0 Å². The average Bonchev–Trinajstić information content (AvgIpc) is 2.81. The van der Waals surface area contributed by atoms with Gasteiger partial charge in [-0.25, -0.2) is 0 Å². The van der Waals surface area contributed by atoms with Crippen molar-refractivity contribution in [3.05, 3.63) is 59.7 Å². The van der Waals surface area contributed by atoms with E-state index in [1.165, 1.54) is 12.5 Å². The summed E-state index contributed by atoms with van der Waals surface area (Å²) in [4.78, 5) is 13.3. The molecule has 188 valence electrons. The summed E-state index contributed by atoms with van der Waals surface area (Å²) in [7, 11) is 5.53. The molecule has 0 heterocycles. The Labute approximate surface area is 206 Å². The fourth-order valence-corrected chi connectivity index (χ4v) is 5.17. The highest BCUT2D eigenvalue weighted by molar-refractivity contribution is 8.55. The molecule has 1 N–H and O–H groups in total. The molecule has 2 rings (SSSR count). The molecule has 0 aliphatic heterocycles. The van der Waals surface area contributed by atoms with Gasteiger partial charge in [0.2, 0.25) is 5.91 Å². The minimum absolute atomic E-state index is 0.224. The van der Waals surface area contributed by atoms with Gasteiger partial charge >= 0.3 is 6.72 Å². The smallest absolute Gasteiger partial charge is 0.355 e. The van der Waals surface area contributed by atoms with E-state index in [9.17, 15) is 9.36 Å². The number of aryl methyl sites for hydroxylation is 2. The maximum absolute atomic E-state index is 12.5. The molecule has 2 atom stereocenters. The van der Waals surface area contributed by atoms with Crippen LogP contribution in [-0.4, -0.2) is 64.3 Å². The van der Waals surface area contributed by atoms with Gasteiger partial charge in [0.1, 0.15) is 24.2 Å². The Bertz CT molecular complexity index is 959. The lowest BCUT2D eigenvalue weighted by molar-refractivity contribution is -0.117. The van der Waals surface area contributed by atoms with Crippen molar-refractivity contribution in [3.8, 4) is 11.5 Å². The molecule has 2 aromatic carbocycles. The van der Waals surface area contributed by atoms with Gasteiger partial charge in [0.05, 0.1) is 7.11 Å². The van der Waals surface area contributed by atoms with E-state index in [-0.39, 0.29) is 12.9 Å². The van der Waals surface area contributed by atoms with Crippen molar-refractivity contribution in [1.82, 2.24) is 9.99 Å². The zero-order chi connectivity index (χ0) is 25.0. The maximum Gasteiger partial charge on any atom is 0.355 e. The third-order valence-electron chi connectivity index (χ3n) is 4.84. The molecule has 0 aromatic heterocycles. The molecule has 1 amide bonds. The topological polar surface area (TPSA) is 86.3 Å². The van der Waals surface area contributed by atoms with Crippen molar-refractivity contribution in [1.29, 1.82) is 0 Å². The van der Waals surface area contributed by atoms with E-state index >= 15 is 0 Å². The first-order valence-electron chi connectivity index (χ1n) is 10.9. The van der Waals surface area contributed by atoms with Crippen LogP contribution >= 0.6 is 18.1 Å². The number of nitrogens with one attached hydrogen (secondary N) is 1. The Kier molecular flexibility index (Phi) is 11.9. The van der Waals surface area contributed by atoms with Gasteiger partial charge in [0.25, 0.3) is 0 Å². The number of nitrogens with zero attached hydrogens (tertiary/aromatic N) is 1. The van der Waals surface area contributed by atoms with Crippen LogP contribution in [0, 0.1) is 0 Å². The van der Waals surface area contributed by atoms with Crippen LogP contribution in [0.3, 0.4) is 0 Å². The van der Waals surface area contributed by atoms with Gasteiger partial charge in [0.15, 0.2) is 6.79 Å². The molecule has 0 aliphatic carbocycles. The fraction of sp³-hybridized carbons (Fsp3) is 0.458. The zero-order valence-corrected chi connectivity index (χ0v) is 22.2. The lowest BCUT2D eigenvalue weighted by Gasteiger charge is -2.24. The zero-order valence-electron chi connectivity index (χ0n) is 20.5. The van der Waals surface area contributed by atoms with Crippen molar-refractivity contribution in [2.45, 2.75) is 25.9 Å². The first kappa shape index (κ1) is 28.2. The number of rotatable bonds is 15. The SMILES string of the molecule is COc1cccc(CCc2ccccc2OC[C@H](CN(C)C)OCOP(=O)(NC(C)=O)SC)c1. The lowest BCUT2D eigenvalue weighted by atomic mass is 10.0. The number of hydrogen-bond donors (Lipinski definition) is 1. The second-order valence-electron chi connectivity index (χ2n) is 7.92. The molecule has 8 nitrogen and oxygen atoms in total. The van der Waals surface area contributed by atoms with E-state index in [0.29, 0.717) is 13.2 Å². The molecule has 0 radical (unpaired) electrons. The minimum atomic E-state index is -3.35. The quantitative estimate of drug-likeness (QED) is 0.279. The van der Waals surface area contributed by atoms with Gasteiger partial charge < -0.3 is 19.1 Å². The molecule has 34 heavy (non-hydrogen) atoms. The van der Waals surface area contributed by atoms with Gasteiger partial charge in [-0.1, -0.05) is 41.7 Å². The minimum Gasteiger partial charge on any atom is -0.497 e. The molecule has 0 fully saturated rings. The number of ether oxygens (including phenoxy) is 3. The molecule has 0 aliphatic rings. The van der Waals surface area contributed by atoms with Crippen LogP contribution in [0.1, 0.15) is 18.1 Å². The van der Waals surface area contributed by atoms with Gasteiger partial charge in [-0.3, -0.25) is 19.0 Å². The average molecular weight is 511 g/mol. The molecule has 1 unspecified atom stereocenters. The first-order valence-corrected chi connectivity index (χ1v) is 14.4. The Morgan fingerprint density at radius 3 is 2.59 bits per heavy atom. The number of likely N-dealkylation sites (N-methyl/N-ethyl adjacent to an activating group) is 1. The highest BCUT2D eigenvalue weighted by Crippen LogP contribution is 2.54. The van der Waals surface area contributed by atoms with Crippen LogP contribution in [0.25, 0.3) is 0 Å². The highest BCUT2D eigenvalue weighted by Gasteiger charge is 2.24. The van der Waals surface area contributed by atoms with E-state index in [1.54, 1.807) is 13.4 Å². The summed E-state index contributed by atoms with van der Waals surface area (Å²) in [6, 6.07) is 16.0.